The minimum atomic E-state index is -3.98. The molecule has 15 heteroatoms. The molecule has 0 saturated carbocycles. The van der Waals surface area contributed by atoms with E-state index in [1.54, 1.807) is 30.3 Å². The summed E-state index contributed by atoms with van der Waals surface area (Å²) in [5.74, 6) is -0.0172. The number of nitrogens with two attached hydrogens (primary N) is 1. The van der Waals surface area contributed by atoms with Gasteiger partial charge in [0, 0.05) is 6.20 Å². The number of rotatable bonds is 6. The number of aliphatic hydroxyl groups is 2. The van der Waals surface area contributed by atoms with Gasteiger partial charge >= 0.3 is 20.0 Å². The van der Waals surface area contributed by atoms with E-state index in [2.05, 4.69) is 10.3 Å². The number of aliphatic hydroxyl groups excluding tert-OH is 2. The molecule has 2 aliphatic heterocycles. The average Bonchev–Trinajstić information content (AvgIpc) is 3.08. The number of benzene rings is 1. The van der Waals surface area contributed by atoms with Crippen LogP contribution in [0.1, 0.15) is 17.9 Å². The van der Waals surface area contributed by atoms with Crippen LogP contribution < -0.4 is 16.7 Å². The molecule has 2 aliphatic rings. The summed E-state index contributed by atoms with van der Waals surface area (Å²) in [4.78, 5) is 37.6. The molecule has 2 aromatic rings. The largest absolute Gasteiger partial charge is 0.573 e. The molecule has 0 bridgehead atoms. The molecule has 7 atom stereocenters. The van der Waals surface area contributed by atoms with E-state index in [0.717, 1.165) is 4.57 Å². The van der Waals surface area contributed by atoms with Crippen molar-refractivity contribution in [3.8, 4) is 0 Å². The molecule has 2 saturated heterocycles. The van der Waals surface area contributed by atoms with Gasteiger partial charge in [0.2, 0.25) is 0 Å². The molecule has 34 heavy (non-hydrogen) atoms. The normalized spacial score (nSPS) is 33.5. The Morgan fingerprint density at radius 1 is 1.26 bits per heavy atom. The first-order valence-electron chi connectivity index (χ1n) is 10.2. The minimum absolute atomic E-state index is 0.0172. The fraction of sp³-hybridized carbons (Fsp3) is 0.421. The molecular formula is C19H24N4O10P+. The molecule has 4 rings (SSSR count). The van der Waals surface area contributed by atoms with Gasteiger partial charge in [-0.05, 0) is 11.6 Å². The Hall–Kier alpha value is -2.68. The van der Waals surface area contributed by atoms with Crippen molar-refractivity contribution in [2.75, 3.05) is 18.9 Å². The summed E-state index contributed by atoms with van der Waals surface area (Å²) in [5.41, 5.74) is 5.26. The summed E-state index contributed by atoms with van der Waals surface area (Å²) in [5, 5.41) is 32.1. The molecule has 0 radical (unpaired) electrons. The van der Waals surface area contributed by atoms with Gasteiger partial charge in [0.05, 0.1) is 6.04 Å². The van der Waals surface area contributed by atoms with Gasteiger partial charge in [-0.2, -0.15) is 18.9 Å². The second-order valence-electron chi connectivity index (χ2n) is 7.64. The van der Waals surface area contributed by atoms with Crippen molar-refractivity contribution in [3.63, 3.8) is 0 Å². The fourth-order valence-electron chi connectivity index (χ4n) is 3.67. The molecule has 184 valence electrons. The monoisotopic (exact) mass is 499 g/mol. The van der Waals surface area contributed by atoms with Gasteiger partial charge in [0.1, 0.15) is 37.3 Å². The predicted octanol–water partition coefficient (Wildman–Crippen LogP) is -0.445. The molecule has 0 aliphatic carbocycles. The summed E-state index contributed by atoms with van der Waals surface area (Å²) in [7, 11) is -3.98. The number of ether oxygens (including phenoxy) is 1. The molecule has 4 unspecified atom stereocenters. The number of amides is 1. The highest BCUT2D eigenvalue weighted by Crippen LogP contribution is 2.64. The quantitative estimate of drug-likeness (QED) is 0.280. The first-order chi connectivity index (χ1) is 16.2. The van der Waals surface area contributed by atoms with Gasteiger partial charge in [-0.1, -0.05) is 30.3 Å². The fourth-order valence-corrected chi connectivity index (χ4v) is 5.11. The molecule has 1 aromatic heterocycles. The zero-order valence-electron chi connectivity index (χ0n) is 17.6. The van der Waals surface area contributed by atoms with Crippen molar-refractivity contribution in [1.82, 2.24) is 14.9 Å². The number of hydrogen-bond donors (Lipinski definition) is 6. The number of aromatic nitrogens is 2. The van der Waals surface area contributed by atoms with Crippen LogP contribution >= 0.6 is 8.17 Å². The third-order valence-electron chi connectivity index (χ3n) is 5.33. The van der Waals surface area contributed by atoms with Crippen molar-refractivity contribution < 1.29 is 43.3 Å². The van der Waals surface area contributed by atoms with E-state index in [0.29, 0.717) is 5.56 Å². The van der Waals surface area contributed by atoms with Crippen LogP contribution in [0.15, 0.2) is 47.4 Å². The first-order valence-corrected chi connectivity index (χ1v) is 11.7. The third-order valence-corrected chi connectivity index (χ3v) is 6.78. The van der Waals surface area contributed by atoms with Crippen molar-refractivity contribution in [3.05, 3.63) is 58.6 Å². The summed E-state index contributed by atoms with van der Waals surface area (Å²) >= 11 is 0. The smallest absolute Gasteiger partial charge is 0.465 e. The van der Waals surface area contributed by atoms with Gasteiger partial charge in [0.15, 0.2) is 12.3 Å². The highest BCUT2D eigenvalue weighted by molar-refractivity contribution is 7.55. The van der Waals surface area contributed by atoms with Crippen LogP contribution in [0.4, 0.5) is 10.6 Å². The van der Waals surface area contributed by atoms with E-state index in [-0.39, 0.29) is 12.4 Å². The van der Waals surface area contributed by atoms with Crippen LogP contribution in [0.25, 0.3) is 0 Å². The topological polar surface area (TPSA) is 208 Å². The Balaban J connectivity index is 1.45. The molecule has 1 aromatic carbocycles. The van der Waals surface area contributed by atoms with Crippen LogP contribution in [0.2, 0.25) is 0 Å². The zero-order chi connectivity index (χ0) is 24.5. The van der Waals surface area contributed by atoms with E-state index in [4.69, 9.17) is 29.1 Å². The Labute approximate surface area is 193 Å². The first kappa shape index (κ1) is 24.4. The lowest BCUT2D eigenvalue weighted by atomic mass is 10.0. The van der Waals surface area contributed by atoms with Crippen LogP contribution in [-0.2, 0) is 18.3 Å². The van der Waals surface area contributed by atoms with Gasteiger partial charge in [-0.3, -0.25) is 4.57 Å². The van der Waals surface area contributed by atoms with Gasteiger partial charge in [0.25, 0.3) is 0 Å². The second kappa shape index (κ2) is 9.90. The second-order valence-corrected chi connectivity index (χ2v) is 9.31. The third kappa shape index (κ3) is 5.19. The van der Waals surface area contributed by atoms with Crippen LogP contribution in [0, 0.1) is 0 Å². The molecule has 14 nitrogen and oxygen atoms in total. The minimum Gasteiger partial charge on any atom is -0.465 e. The van der Waals surface area contributed by atoms with Gasteiger partial charge in [-0.25, -0.2) is 9.59 Å². The van der Waals surface area contributed by atoms with E-state index in [1.807, 2.05) is 0 Å². The van der Waals surface area contributed by atoms with Crippen molar-refractivity contribution in [2.45, 2.75) is 36.7 Å². The Kier molecular flexibility index (Phi) is 7.12. The highest BCUT2D eigenvalue weighted by Gasteiger charge is 2.56. The van der Waals surface area contributed by atoms with E-state index < -0.39 is 63.2 Å². The number of carboxylic acid groups (broad SMARTS) is 1. The van der Waals surface area contributed by atoms with E-state index in [9.17, 15) is 24.7 Å². The van der Waals surface area contributed by atoms with E-state index >= 15 is 0 Å². The number of nitrogens with zero attached hydrogens (tertiary/aromatic N) is 2. The lowest BCUT2D eigenvalue weighted by Gasteiger charge is -2.32. The lowest BCUT2D eigenvalue weighted by Crippen LogP contribution is -2.45. The lowest BCUT2D eigenvalue weighted by molar-refractivity contribution is -0.0700. The van der Waals surface area contributed by atoms with Crippen molar-refractivity contribution >= 4 is 20.1 Å². The zero-order valence-corrected chi connectivity index (χ0v) is 18.5. The Morgan fingerprint density at radius 2 is 2.00 bits per heavy atom. The van der Waals surface area contributed by atoms with Crippen LogP contribution in [-0.4, -0.2) is 73.4 Å². The molecular weight excluding hydrogens is 475 g/mol. The van der Waals surface area contributed by atoms with Crippen molar-refractivity contribution in [2.24, 2.45) is 0 Å². The summed E-state index contributed by atoms with van der Waals surface area (Å²) in [6.07, 6.45) is -6.36. The van der Waals surface area contributed by atoms with E-state index in [1.165, 1.54) is 12.3 Å². The number of nitrogen functional groups attached to an aromatic ring is 1. The number of hydrogen-bond acceptors (Lipinski definition) is 11. The van der Waals surface area contributed by atoms with Crippen LogP contribution in [0.5, 0.6) is 0 Å². The maximum absolute atomic E-state index is 12.1. The maximum atomic E-state index is 12.1. The number of anilines is 1. The van der Waals surface area contributed by atoms with Gasteiger partial charge in [-0.15, -0.1) is 4.52 Å². The number of nitrogens with one attached hydrogen (secondary N) is 1. The van der Waals surface area contributed by atoms with Gasteiger partial charge < -0.3 is 31.1 Å². The molecule has 0 spiro atoms. The highest BCUT2D eigenvalue weighted by atomic mass is 31.2. The van der Waals surface area contributed by atoms with Crippen molar-refractivity contribution in [1.29, 1.82) is 0 Å². The summed E-state index contributed by atoms with van der Waals surface area (Å²) < 4.78 is 23.0. The Bertz CT molecular complexity index is 1070. The molecule has 7 N–H and O–H groups in total. The Morgan fingerprint density at radius 3 is 2.68 bits per heavy atom. The average molecular weight is 499 g/mol. The molecule has 1 amide bonds. The molecule has 2 fully saturated rings. The summed E-state index contributed by atoms with van der Waals surface area (Å²) in [6, 6.07) is 9.11. The summed E-state index contributed by atoms with van der Waals surface area (Å²) in [6.45, 7) is -0.712. The SMILES string of the molecule is Nc1ccn(C2O[C@H](CO[P+]3(O)OC[C@H](NC(=O)O)[C@@H](c4ccccc4)O3)C(O)C2O)c(=O)n1. The number of carbonyl (C=O) groups is 1. The predicted molar refractivity (Wildman–Crippen MR) is 115 cm³/mol. The maximum Gasteiger partial charge on any atom is 0.573 e. The van der Waals surface area contributed by atoms with Crippen LogP contribution in [0.3, 0.4) is 0 Å². The molecule has 3 heterocycles. The standard InChI is InChI=1S/C19H23N4O10P/c20-13-6-7-23(18(26)22-13)17-15(25)14(24)12(32-17)9-31-34(29)30-8-11(21-19(27)28)16(33-34)10-4-2-1-3-5-10/h1-7,11-12,14-17,21,24-25,29H,8-9H2,(H2-,20,22,26,27,28)/p+1/t11-,12+,14?,15?,16+,17?,34?/m0/s1.